The van der Waals surface area contributed by atoms with Crippen LogP contribution in [0.25, 0.3) is 16.7 Å². The second-order valence-electron chi connectivity index (χ2n) is 10.8. The second kappa shape index (κ2) is 6.67. The smallest absolute Gasteiger partial charge is 0.292 e. The van der Waals surface area contributed by atoms with E-state index in [0.29, 0.717) is 31.3 Å². The zero-order valence-electron chi connectivity index (χ0n) is 18.5. The first-order valence-electron chi connectivity index (χ1n) is 11.9. The van der Waals surface area contributed by atoms with E-state index in [1.807, 2.05) is 18.2 Å². The Bertz CT molecular complexity index is 1160. The molecule has 1 aromatic carbocycles. The number of hydrogen-bond acceptors (Lipinski definition) is 5. The zero-order chi connectivity index (χ0) is 22.3. The number of halogens is 1. The number of oxazole rings is 1. The molecule has 2 saturated carbocycles. The Morgan fingerprint density at radius 2 is 2.06 bits per heavy atom. The van der Waals surface area contributed by atoms with Crippen LogP contribution in [-0.2, 0) is 0 Å². The molecule has 2 fully saturated rings. The lowest BCUT2D eigenvalue weighted by atomic mass is 9.58. The van der Waals surface area contributed by atoms with E-state index in [4.69, 9.17) is 10.2 Å². The van der Waals surface area contributed by atoms with Crippen molar-refractivity contribution in [3.63, 3.8) is 0 Å². The molecule has 0 aliphatic heterocycles. The number of benzene rings is 1. The minimum atomic E-state index is -1.41. The Kier molecular flexibility index (Phi) is 4.26. The molecule has 4 aliphatic rings. The van der Waals surface area contributed by atoms with E-state index in [9.17, 15) is 10.2 Å². The van der Waals surface area contributed by atoms with Gasteiger partial charge in [0.05, 0.1) is 11.7 Å². The van der Waals surface area contributed by atoms with Crippen LogP contribution in [0.5, 0.6) is 0 Å². The summed E-state index contributed by atoms with van der Waals surface area (Å²) in [6.45, 7) is 2.23. The Labute approximate surface area is 187 Å². The number of anilines is 1. The summed E-state index contributed by atoms with van der Waals surface area (Å²) in [6.07, 6.45) is 8.38. The highest BCUT2D eigenvalue weighted by Crippen LogP contribution is 2.63. The van der Waals surface area contributed by atoms with Gasteiger partial charge in [0.15, 0.2) is 5.58 Å². The number of nitrogens with two attached hydrogens (primary N) is 1. The summed E-state index contributed by atoms with van der Waals surface area (Å²) >= 11 is 0. The summed E-state index contributed by atoms with van der Waals surface area (Å²) in [7, 11) is 0. The average molecular weight is 439 g/mol. The van der Waals surface area contributed by atoms with Crippen LogP contribution in [-0.4, -0.2) is 32.6 Å². The number of hydrogen-bond donors (Lipinski definition) is 3. The third kappa shape index (κ3) is 2.78. The monoisotopic (exact) mass is 438 g/mol. The molecule has 5 nitrogen and oxygen atoms in total. The fraction of sp³-hybridized carbons (Fsp3) is 0.577. The first kappa shape index (κ1) is 20.4. The van der Waals surface area contributed by atoms with Gasteiger partial charge >= 0.3 is 0 Å². The number of rotatable bonds is 1. The van der Waals surface area contributed by atoms with Crippen LogP contribution in [0.3, 0.4) is 0 Å². The molecule has 4 N–H and O–H groups in total. The number of aliphatic hydroxyl groups is 2. The molecule has 1 heterocycles. The fourth-order valence-electron chi connectivity index (χ4n) is 7.39. The van der Waals surface area contributed by atoms with Gasteiger partial charge in [0.25, 0.3) is 6.01 Å². The molecule has 6 heteroatoms. The molecule has 0 radical (unpaired) electrons. The Balaban J connectivity index is 1.37. The second-order valence-corrected chi connectivity index (χ2v) is 10.8. The van der Waals surface area contributed by atoms with E-state index < -0.39 is 17.4 Å². The summed E-state index contributed by atoms with van der Waals surface area (Å²) in [4.78, 5) is 4.28. The van der Waals surface area contributed by atoms with Crippen molar-refractivity contribution in [2.45, 2.75) is 75.7 Å². The van der Waals surface area contributed by atoms with Crippen LogP contribution in [0.1, 0.15) is 63.9 Å². The Morgan fingerprint density at radius 1 is 1.22 bits per heavy atom. The number of nitrogens with zero attached hydrogens (tertiary/aromatic N) is 1. The predicted octanol–water partition coefficient (Wildman–Crippen LogP) is 4.93. The number of nitrogen functional groups attached to an aromatic ring is 1. The molecule has 5 unspecified atom stereocenters. The molecule has 170 valence electrons. The van der Waals surface area contributed by atoms with E-state index >= 15 is 4.39 Å². The van der Waals surface area contributed by atoms with Crippen molar-refractivity contribution in [2.24, 2.45) is 17.3 Å². The molecule has 1 aromatic heterocycles. The normalized spacial score (nSPS) is 41.3. The maximum Gasteiger partial charge on any atom is 0.292 e. The number of alkyl halides is 1. The van der Waals surface area contributed by atoms with E-state index in [2.05, 4.69) is 24.1 Å². The zero-order valence-corrected chi connectivity index (χ0v) is 18.5. The quantitative estimate of drug-likeness (QED) is 0.549. The molecule has 2 aromatic rings. The van der Waals surface area contributed by atoms with Gasteiger partial charge < -0.3 is 20.4 Å². The number of aromatic nitrogens is 1. The van der Waals surface area contributed by atoms with Crippen LogP contribution >= 0.6 is 0 Å². The largest absolute Gasteiger partial charge is 0.424 e. The molecule has 0 saturated heterocycles. The van der Waals surface area contributed by atoms with Gasteiger partial charge in [0.1, 0.15) is 11.2 Å². The number of allylic oxidation sites excluding steroid dienone is 3. The first-order chi connectivity index (χ1) is 15.2. The third-order valence-electron chi connectivity index (χ3n) is 9.08. The van der Waals surface area contributed by atoms with Crippen molar-refractivity contribution < 1.29 is 19.0 Å². The highest BCUT2D eigenvalue weighted by atomic mass is 19.1. The van der Waals surface area contributed by atoms with Crippen molar-refractivity contribution >= 4 is 22.7 Å². The van der Waals surface area contributed by atoms with Crippen LogP contribution in [0.2, 0.25) is 0 Å². The fourth-order valence-corrected chi connectivity index (χ4v) is 7.39. The average Bonchev–Trinajstić information content (AvgIpc) is 3.25. The Hall–Kier alpha value is -2.18. The lowest BCUT2D eigenvalue weighted by molar-refractivity contribution is -0.0359. The van der Waals surface area contributed by atoms with Gasteiger partial charge in [-0.3, -0.25) is 0 Å². The SMILES string of the molecule is CC12CC=C3CC4(F)CC(O)CCC4CC[C@]3(O)C1CC=C2c1ccc2oc(N)nc2c1. The standard InChI is InChI=1S/C26H31FN2O3/c1-24-10-8-17-13-25(27)14-18(30)4-3-16(25)9-11-26(17,31)22(24)7-5-19(24)15-2-6-21-20(12-15)29-23(28)32-21/h2,5-6,8,12,16,18,22,30-31H,3-4,7,9-11,13-14H2,1H3,(H2,28,29)/t16?,18?,22?,24?,25?,26-/m1/s1. The van der Waals surface area contributed by atoms with E-state index in [0.717, 1.165) is 29.5 Å². The van der Waals surface area contributed by atoms with Gasteiger partial charge in [0.2, 0.25) is 0 Å². The van der Waals surface area contributed by atoms with Crippen molar-refractivity contribution in [3.05, 3.63) is 41.5 Å². The van der Waals surface area contributed by atoms with Crippen molar-refractivity contribution in [3.8, 4) is 0 Å². The summed E-state index contributed by atoms with van der Waals surface area (Å²) in [5, 5.41) is 22.2. The molecular weight excluding hydrogens is 407 g/mol. The highest BCUT2D eigenvalue weighted by Gasteiger charge is 2.59. The van der Waals surface area contributed by atoms with Gasteiger partial charge in [-0.05, 0) is 73.3 Å². The van der Waals surface area contributed by atoms with Crippen LogP contribution < -0.4 is 5.73 Å². The van der Waals surface area contributed by atoms with Gasteiger partial charge in [-0.1, -0.05) is 25.1 Å². The lowest BCUT2D eigenvalue weighted by Crippen LogP contribution is -2.49. The van der Waals surface area contributed by atoms with Crippen LogP contribution in [0, 0.1) is 17.3 Å². The van der Waals surface area contributed by atoms with Crippen LogP contribution in [0.15, 0.2) is 40.3 Å². The molecule has 0 spiro atoms. The third-order valence-corrected chi connectivity index (χ3v) is 9.08. The molecule has 4 aliphatic carbocycles. The minimum absolute atomic E-state index is 0.0109. The number of fused-ring (bicyclic) bond motifs is 5. The first-order valence-corrected chi connectivity index (χ1v) is 11.9. The van der Waals surface area contributed by atoms with Crippen molar-refractivity contribution in [1.29, 1.82) is 0 Å². The molecule has 6 atom stereocenters. The summed E-state index contributed by atoms with van der Waals surface area (Å²) < 4.78 is 21.5. The van der Waals surface area contributed by atoms with E-state index in [1.165, 1.54) is 5.57 Å². The molecular formula is C26H31FN2O3. The van der Waals surface area contributed by atoms with Crippen molar-refractivity contribution in [1.82, 2.24) is 4.98 Å². The molecule has 6 rings (SSSR count). The summed E-state index contributed by atoms with van der Waals surface area (Å²) in [5.74, 6) is -0.0710. The van der Waals surface area contributed by atoms with Gasteiger partial charge in [-0.15, -0.1) is 0 Å². The lowest BCUT2D eigenvalue weighted by Gasteiger charge is -2.49. The van der Waals surface area contributed by atoms with Crippen molar-refractivity contribution in [2.75, 3.05) is 5.73 Å². The number of aliphatic hydroxyl groups excluding tert-OH is 1. The molecule has 0 amide bonds. The molecule has 0 bridgehead atoms. The summed E-state index contributed by atoms with van der Waals surface area (Å²) in [5.41, 5.74) is 7.61. The van der Waals surface area contributed by atoms with Gasteiger partial charge in [0, 0.05) is 24.2 Å². The minimum Gasteiger partial charge on any atom is -0.424 e. The van der Waals surface area contributed by atoms with E-state index in [-0.39, 0.29) is 36.1 Å². The Morgan fingerprint density at radius 3 is 2.91 bits per heavy atom. The topological polar surface area (TPSA) is 92.5 Å². The van der Waals surface area contributed by atoms with Crippen LogP contribution in [0.4, 0.5) is 10.4 Å². The maximum atomic E-state index is 16.0. The predicted molar refractivity (Wildman–Crippen MR) is 121 cm³/mol. The summed E-state index contributed by atoms with van der Waals surface area (Å²) in [6, 6.07) is 6.11. The van der Waals surface area contributed by atoms with E-state index in [1.54, 1.807) is 0 Å². The molecule has 32 heavy (non-hydrogen) atoms. The van der Waals surface area contributed by atoms with Gasteiger partial charge in [-0.25, -0.2) is 4.39 Å². The maximum absolute atomic E-state index is 16.0. The van der Waals surface area contributed by atoms with Gasteiger partial charge in [-0.2, -0.15) is 4.98 Å². The highest BCUT2D eigenvalue weighted by molar-refractivity contribution is 5.83.